The number of carbonyl (C=O) groups is 3. The molecule has 0 aliphatic carbocycles. The Kier molecular flexibility index (Phi) is 57.2. The van der Waals surface area contributed by atoms with Crippen LogP contribution < -0.4 is 0 Å². The summed E-state index contributed by atoms with van der Waals surface area (Å²) in [6, 6.07) is 0. The van der Waals surface area contributed by atoms with Crippen LogP contribution in [0, 0.1) is 0 Å². The van der Waals surface area contributed by atoms with Crippen LogP contribution in [0.5, 0.6) is 0 Å². The molecule has 70 heavy (non-hydrogen) atoms. The van der Waals surface area contributed by atoms with E-state index in [2.05, 4.69) is 57.2 Å². The lowest BCUT2D eigenvalue weighted by Gasteiger charge is -2.18. The number of carbonyl (C=O) groups excluding carboxylic acids is 3. The van der Waals surface area contributed by atoms with Gasteiger partial charge in [-0.15, -0.1) is 0 Å². The van der Waals surface area contributed by atoms with Crippen LogP contribution in [0.25, 0.3) is 0 Å². The lowest BCUT2D eigenvalue weighted by atomic mass is 10.0. The van der Waals surface area contributed by atoms with Crippen molar-refractivity contribution in [3.8, 4) is 0 Å². The van der Waals surface area contributed by atoms with Crippen LogP contribution in [0.15, 0.2) is 36.5 Å². The van der Waals surface area contributed by atoms with Crippen LogP contribution in [0.1, 0.15) is 335 Å². The number of rotatable bonds is 57. The summed E-state index contributed by atoms with van der Waals surface area (Å²) in [5.74, 6) is -0.863. The van der Waals surface area contributed by atoms with Crippen molar-refractivity contribution in [1.29, 1.82) is 0 Å². The summed E-state index contributed by atoms with van der Waals surface area (Å²) in [5, 5.41) is 0. The van der Waals surface area contributed by atoms with E-state index >= 15 is 0 Å². The fraction of sp³-hybridized carbons (Fsp3) is 0.859. The van der Waals surface area contributed by atoms with Crippen molar-refractivity contribution in [3.63, 3.8) is 0 Å². The van der Waals surface area contributed by atoms with Gasteiger partial charge in [0.15, 0.2) is 6.10 Å². The summed E-state index contributed by atoms with van der Waals surface area (Å²) >= 11 is 0. The Bertz CT molecular complexity index is 1170. The molecule has 0 spiro atoms. The first-order valence-corrected chi connectivity index (χ1v) is 31.0. The van der Waals surface area contributed by atoms with Crippen molar-refractivity contribution >= 4 is 17.9 Å². The first-order valence-electron chi connectivity index (χ1n) is 31.0. The van der Waals surface area contributed by atoms with Crippen molar-refractivity contribution < 1.29 is 28.6 Å². The van der Waals surface area contributed by atoms with Gasteiger partial charge in [0, 0.05) is 19.3 Å². The Morgan fingerprint density at radius 3 is 0.829 bits per heavy atom. The van der Waals surface area contributed by atoms with Crippen LogP contribution in [-0.4, -0.2) is 37.2 Å². The molecule has 0 aromatic heterocycles. The summed E-state index contributed by atoms with van der Waals surface area (Å²) < 4.78 is 16.9. The first-order chi connectivity index (χ1) is 34.5. The van der Waals surface area contributed by atoms with Crippen molar-refractivity contribution in [2.75, 3.05) is 13.2 Å². The fourth-order valence-electron chi connectivity index (χ4n) is 9.18. The number of ether oxygens (including phenoxy) is 3. The Balaban J connectivity index is 4.33. The molecule has 0 radical (unpaired) electrons. The van der Waals surface area contributed by atoms with Crippen LogP contribution in [0.2, 0.25) is 0 Å². The van der Waals surface area contributed by atoms with Gasteiger partial charge in [-0.2, -0.15) is 0 Å². The zero-order chi connectivity index (χ0) is 50.7. The van der Waals surface area contributed by atoms with Crippen LogP contribution in [-0.2, 0) is 28.6 Å². The molecule has 410 valence electrons. The van der Waals surface area contributed by atoms with Gasteiger partial charge in [0.2, 0.25) is 0 Å². The minimum atomic E-state index is -0.775. The van der Waals surface area contributed by atoms with Gasteiger partial charge < -0.3 is 14.2 Å². The number of esters is 3. The second-order valence-electron chi connectivity index (χ2n) is 21.0. The molecule has 0 N–H and O–H groups in total. The minimum absolute atomic E-state index is 0.0731. The summed E-state index contributed by atoms with van der Waals surface area (Å²) in [6.45, 7) is 6.65. The van der Waals surface area contributed by atoms with Crippen LogP contribution >= 0.6 is 0 Å². The molecule has 0 saturated heterocycles. The van der Waals surface area contributed by atoms with Crippen LogP contribution in [0.3, 0.4) is 0 Å². The van der Waals surface area contributed by atoms with E-state index in [4.69, 9.17) is 14.2 Å². The molecule has 0 bridgehead atoms. The van der Waals surface area contributed by atoms with Crippen molar-refractivity contribution in [2.45, 2.75) is 341 Å². The van der Waals surface area contributed by atoms with Crippen molar-refractivity contribution in [3.05, 3.63) is 36.5 Å². The maximum absolute atomic E-state index is 12.9. The zero-order valence-corrected chi connectivity index (χ0v) is 47.1. The van der Waals surface area contributed by atoms with Gasteiger partial charge in [-0.1, -0.05) is 276 Å². The topological polar surface area (TPSA) is 78.9 Å². The van der Waals surface area contributed by atoms with E-state index < -0.39 is 6.10 Å². The fourth-order valence-corrected chi connectivity index (χ4v) is 9.18. The molecular weight excluding hydrogens is 865 g/mol. The van der Waals surface area contributed by atoms with Crippen LogP contribution in [0.4, 0.5) is 0 Å². The van der Waals surface area contributed by atoms with Gasteiger partial charge in [-0.25, -0.2) is 0 Å². The Morgan fingerprint density at radius 1 is 0.286 bits per heavy atom. The van der Waals surface area contributed by atoms with Gasteiger partial charge in [-0.3, -0.25) is 14.4 Å². The van der Waals surface area contributed by atoms with Crippen molar-refractivity contribution in [2.24, 2.45) is 0 Å². The molecule has 0 saturated carbocycles. The number of hydrogen-bond donors (Lipinski definition) is 0. The van der Waals surface area contributed by atoms with E-state index in [0.29, 0.717) is 19.3 Å². The van der Waals surface area contributed by atoms with E-state index in [1.807, 2.05) is 0 Å². The zero-order valence-electron chi connectivity index (χ0n) is 47.1. The van der Waals surface area contributed by atoms with E-state index in [1.165, 1.54) is 225 Å². The van der Waals surface area contributed by atoms with Gasteiger partial charge in [0.25, 0.3) is 0 Å². The second-order valence-corrected chi connectivity index (χ2v) is 21.0. The molecule has 1 atom stereocenters. The third-order valence-electron chi connectivity index (χ3n) is 13.9. The van der Waals surface area contributed by atoms with Gasteiger partial charge in [0.1, 0.15) is 13.2 Å². The summed E-state index contributed by atoms with van der Waals surface area (Å²) in [5.41, 5.74) is 0. The molecule has 0 aliphatic rings. The van der Waals surface area contributed by atoms with E-state index in [1.54, 1.807) is 0 Å². The standard InChI is InChI=1S/C64H118O6/c1-4-7-10-13-16-19-22-25-28-30-32-34-36-39-42-45-48-51-54-57-63(66)69-60-61(59-68-62(65)56-53-50-47-44-41-38-27-24-21-18-15-12-9-6-3)70-64(67)58-55-52-49-46-43-40-37-35-33-31-29-26-23-20-17-14-11-8-5-2/h16,19,24-25,27-28,61H,4-15,17-18,20-23,26,29-60H2,1-3H3/b19-16+,27-24+,28-25+/t61-/m1/s1. The van der Waals surface area contributed by atoms with Crippen molar-refractivity contribution in [1.82, 2.24) is 0 Å². The molecule has 0 aliphatic heterocycles. The molecule has 0 amide bonds. The molecule has 0 fully saturated rings. The second kappa shape index (κ2) is 59.2. The highest BCUT2D eigenvalue weighted by atomic mass is 16.6. The number of unbranched alkanes of at least 4 members (excludes halogenated alkanes) is 40. The van der Waals surface area contributed by atoms with Gasteiger partial charge >= 0.3 is 17.9 Å². The smallest absolute Gasteiger partial charge is 0.306 e. The molecule has 6 heteroatoms. The average Bonchev–Trinajstić information content (AvgIpc) is 3.36. The monoisotopic (exact) mass is 983 g/mol. The molecule has 6 nitrogen and oxygen atoms in total. The molecule has 0 aromatic carbocycles. The Labute approximate surface area is 435 Å². The highest BCUT2D eigenvalue weighted by Gasteiger charge is 2.19. The largest absolute Gasteiger partial charge is 0.462 e. The number of hydrogen-bond acceptors (Lipinski definition) is 6. The minimum Gasteiger partial charge on any atom is -0.462 e. The Hall–Kier alpha value is -2.37. The molecule has 0 heterocycles. The number of allylic oxidation sites excluding steroid dienone is 6. The van der Waals surface area contributed by atoms with E-state index in [0.717, 1.165) is 70.6 Å². The SMILES string of the molecule is CCCCC/C=C/C/C=C/CCCCCCCCCCCC(=O)OC[C@@H](COC(=O)CCCCCCC/C=C/CCCCCCC)OC(=O)CCCCCCCCCCCCCCCCCCCCC. The molecule has 0 aromatic rings. The quantitative estimate of drug-likeness (QED) is 0.0261. The highest BCUT2D eigenvalue weighted by Crippen LogP contribution is 2.17. The van der Waals surface area contributed by atoms with Gasteiger partial charge in [0.05, 0.1) is 0 Å². The average molecular weight is 984 g/mol. The highest BCUT2D eigenvalue weighted by molar-refractivity contribution is 5.71. The summed E-state index contributed by atoms with van der Waals surface area (Å²) in [6.07, 6.45) is 71.4. The van der Waals surface area contributed by atoms with E-state index in [-0.39, 0.29) is 31.1 Å². The molecule has 0 unspecified atom stereocenters. The molecular formula is C64H118O6. The predicted octanol–water partition coefficient (Wildman–Crippen LogP) is 20.8. The summed E-state index contributed by atoms with van der Waals surface area (Å²) in [7, 11) is 0. The van der Waals surface area contributed by atoms with Gasteiger partial charge in [-0.05, 0) is 77.0 Å². The predicted molar refractivity (Wildman–Crippen MR) is 302 cm³/mol. The third kappa shape index (κ3) is 56.5. The third-order valence-corrected chi connectivity index (χ3v) is 13.9. The lowest BCUT2D eigenvalue weighted by molar-refractivity contribution is -0.167. The summed E-state index contributed by atoms with van der Waals surface area (Å²) in [4.78, 5) is 38.2. The van der Waals surface area contributed by atoms with E-state index in [9.17, 15) is 14.4 Å². The first kappa shape index (κ1) is 67.6. The maximum atomic E-state index is 12.9. The molecule has 0 rings (SSSR count). The Morgan fingerprint density at radius 2 is 0.514 bits per heavy atom. The lowest BCUT2D eigenvalue weighted by Crippen LogP contribution is -2.30. The normalized spacial score (nSPS) is 12.2. The maximum Gasteiger partial charge on any atom is 0.306 e.